The second kappa shape index (κ2) is 8.94. The van der Waals surface area contributed by atoms with Gasteiger partial charge in [-0.2, -0.15) is 0 Å². The van der Waals surface area contributed by atoms with Crippen molar-refractivity contribution < 1.29 is 42.5 Å². The van der Waals surface area contributed by atoms with Crippen molar-refractivity contribution in [3.8, 4) is 0 Å². The maximum Gasteiger partial charge on any atom is 1.00 e. The molecule has 1 aromatic rings. The van der Waals surface area contributed by atoms with E-state index in [0.29, 0.717) is 6.42 Å². The minimum absolute atomic E-state index is 0. The van der Waals surface area contributed by atoms with Crippen molar-refractivity contribution in [3.05, 3.63) is 30.3 Å². The van der Waals surface area contributed by atoms with Crippen molar-refractivity contribution in [2.45, 2.75) is 19.3 Å². The zero-order chi connectivity index (χ0) is 11.9. The molecule has 0 aliphatic rings. The van der Waals surface area contributed by atoms with Gasteiger partial charge >= 0.3 is 29.6 Å². The number of nitrogens with one attached hydrogen (secondary N) is 1. The van der Waals surface area contributed by atoms with E-state index in [2.05, 4.69) is 5.32 Å². The molecule has 6 heteroatoms. The van der Waals surface area contributed by atoms with Crippen LogP contribution < -0.4 is 34.9 Å². The second-order valence-electron chi connectivity index (χ2n) is 3.62. The molecule has 0 spiro atoms. The van der Waals surface area contributed by atoms with Crippen LogP contribution in [-0.2, 0) is 10.1 Å². The van der Waals surface area contributed by atoms with E-state index >= 15 is 0 Å². The van der Waals surface area contributed by atoms with Gasteiger partial charge in [-0.05, 0) is 25.0 Å². The maximum absolute atomic E-state index is 10.3. The van der Waals surface area contributed by atoms with Crippen LogP contribution in [0.5, 0.6) is 0 Å². The largest absolute Gasteiger partial charge is 1.00 e. The first-order valence-electron chi connectivity index (χ1n) is 5.30. The van der Waals surface area contributed by atoms with Crippen molar-refractivity contribution >= 4 is 15.8 Å². The van der Waals surface area contributed by atoms with Crippen molar-refractivity contribution in [2.75, 3.05) is 17.6 Å². The Hall–Kier alpha value is -0.0700. The Labute approximate surface area is 125 Å². The summed E-state index contributed by atoms with van der Waals surface area (Å²) in [7, 11) is -4.03. The first kappa shape index (κ1) is 16.9. The van der Waals surface area contributed by atoms with Gasteiger partial charge in [0.05, 0.1) is 10.1 Å². The number of unbranched alkanes of at least 4 members (excludes halogenated alkanes) is 2. The number of hydrogen-bond donors (Lipinski definition) is 1. The first-order valence-corrected chi connectivity index (χ1v) is 6.88. The van der Waals surface area contributed by atoms with E-state index in [1.54, 1.807) is 0 Å². The molecule has 0 amide bonds. The number of benzene rings is 1. The van der Waals surface area contributed by atoms with Gasteiger partial charge in [-0.15, -0.1) is 0 Å². The van der Waals surface area contributed by atoms with E-state index in [9.17, 15) is 13.0 Å². The summed E-state index contributed by atoms with van der Waals surface area (Å²) < 4.78 is 30.9. The predicted molar refractivity (Wildman–Crippen MR) is 63.3 cm³/mol. The third kappa shape index (κ3) is 9.62. The Morgan fingerprint density at radius 3 is 2.29 bits per heavy atom. The Morgan fingerprint density at radius 1 is 1.06 bits per heavy atom. The molecule has 0 saturated carbocycles. The maximum atomic E-state index is 10.3. The fraction of sp³-hybridized carbons (Fsp3) is 0.455. The van der Waals surface area contributed by atoms with Gasteiger partial charge in [-0.3, -0.25) is 0 Å². The Bertz CT molecular complexity index is 394. The molecule has 0 heterocycles. The molecule has 1 N–H and O–H groups in total. The van der Waals surface area contributed by atoms with Crippen LogP contribution in [0.25, 0.3) is 0 Å². The summed E-state index contributed by atoms with van der Waals surface area (Å²) in [6.45, 7) is 0.795. The molecule has 90 valence electrons. The molecule has 0 aliphatic carbocycles. The molecule has 0 saturated heterocycles. The summed E-state index contributed by atoms with van der Waals surface area (Å²) in [6.07, 6.45) is 2.06. The molecule has 17 heavy (non-hydrogen) atoms. The molecule has 0 aliphatic heterocycles. The molecule has 0 aromatic heterocycles. The van der Waals surface area contributed by atoms with Crippen LogP contribution in [-0.4, -0.2) is 25.3 Å². The third-order valence-electron chi connectivity index (χ3n) is 2.17. The molecule has 0 unspecified atom stereocenters. The van der Waals surface area contributed by atoms with Gasteiger partial charge in [0, 0.05) is 18.0 Å². The number of anilines is 1. The Kier molecular flexibility index (Phi) is 8.90. The Morgan fingerprint density at radius 2 is 1.71 bits per heavy atom. The molecular formula is C11H16NNaO3S. The minimum atomic E-state index is -4.03. The predicted octanol–water partition coefficient (Wildman–Crippen LogP) is -1.18. The monoisotopic (exact) mass is 265 g/mol. The van der Waals surface area contributed by atoms with E-state index in [-0.39, 0.29) is 35.3 Å². The van der Waals surface area contributed by atoms with E-state index < -0.39 is 10.1 Å². The third-order valence-corrected chi connectivity index (χ3v) is 2.96. The van der Waals surface area contributed by atoms with Crippen LogP contribution in [0, 0.1) is 0 Å². The summed E-state index contributed by atoms with van der Waals surface area (Å²) in [5.41, 5.74) is 1.05. The van der Waals surface area contributed by atoms with Gasteiger partial charge in [0.2, 0.25) is 0 Å². The molecule has 0 atom stereocenters. The number of para-hydroxylation sites is 1. The van der Waals surface area contributed by atoms with Crippen molar-refractivity contribution in [3.63, 3.8) is 0 Å². The molecule has 0 bridgehead atoms. The molecule has 0 radical (unpaired) electrons. The van der Waals surface area contributed by atoms with Crippen LogP contribution >= 0.6 is 0 Å². The summed E-state index contributed by atoms with van der Waals surface area (Å²) in [4.78, 5) is 0. The standard InChI is InChI=1S/C11H17NO3S.Na/c13-16(14,15)10-6-2-5-9-12-11-7-3-1-4-8-11;/h1,3-4,7-8,12H,2,5-6,9-10H2,(H,13,14,15);/q;+1/p-1. The first-order chi connectivity index (χ1) is 7.58. The number of hydrogen-bond acceptors (Lipinski definition) is 4. The van der Waals surface area contributed by atoms with Crippen LogP contribution in [0.1, 0.15) is 19.3 Å². The van der Waals surface area contributed by atoms with Gasteiger partial charge in [0.15, 0.2) is 0 Å². The SMILES string of the molecule is O=S(=O)([O-])CCCCCNc1ccccc1.[Na+]. The summed E-state index contributed by atoms with van der Waals surface area (Å²) >= 11 is 0. The van der Waals surface area contributed by atoms with Gasteiger partial charge in [-0.25, -0.2) is 8.42 Å². The molecule has 1 rings (SSSR count). The molecular weight excluding hydrogens is 249 g/mol. The van der Waals surface area contributed by atoms with Crippen LogP contribution in [0.3, 0.4) is 0 Å². The van der Waals surface area contributed by atoms with E-state index in [4.69, 9.17) is 0 Å². The zero-order valence-corrected chi connectivity index (χ0v) is 12.9. The number of rotatable bonds is 7. The van der Waals surface area contributed by atoms with Gasteiger partial charge < -0.3 is 9.87 Å². The summed E-state index contributed by atoms with van der Waals surface area (Å²) in [6, 6.07) is 9.80. The quantitative estimate of drug-likeness (QED) is 0.383. The van der Waals surface area contributed by atoms with Gasteiger partial charge in [-0.1, -0.05) is 24.6 Å². The summed E-state index contributed by atoms with van der Waals surface area (Å²) in [5, 5.41) is 3.21. The van der Waals surface area contributed by atoms with Crippen molar-refractivity contribution in [2.24, 2.45) is 0 Å². The van der Waals surface area contributed by atoms with Crippen LogP contribution in [0.4, 0.5) is 5.69 Å². The van der Waals surface area contributed by atoms with E-state index in [1.165, 1.54) is 0 Å². The van der Waals surface area contributed by atoms with E-state index in [0.717, 1.165) is 25.1 Å². The topological polar surface area (TPSA) is 69.2 Å². The van der Waals surface area contributed by atoms with E-state index in [1.807, 2.05) is 30.3 Å². The van der Waals surface area contributed by atoms with Crippen LogP contribution in [0.2, 0.25) is 0 Å². The zero-order valence-electron chi connectivity index (χ0n) is 10.1. The fourth-order valence-corrected chi connectivity index (χ4v) is 1.93. The fourth-order valence-electron chi connectivity index (χ4n) is 1.37. The van der Waals surface area contributed by atoms with Gasteiger partial charge in [0.25, 0.3) is 0 Å². The molecule has 4 nitrogen and oxygen atoms in total. The minimum Gasteiger partial charge on any atom is -0.748 e. The Balaban J connectivity index is 0.00000256. The van der Waals surface area contributed by atoms with Crippen molar-refractivity contribution in [1.29, 1.82) is 0 Å². The molecule has 1 aromatic carbocycles. The molecule has 0 fully saturated rings. The normalized spacial score (nSPS) is 10.6. The smallest absolute Gasteiger partial charge is 0.748 e. The van der Waals surface area contributed by atoms with Gasteiger partial charge in [0.1, 0.15) is 0 Å². The van der Waals surface area contributed by atoms with Crippen molar-refractivity contribution in [1.82, 2.24) is 0 Å². The average Bonchev–Trinajstić information content (AvgIpc) is 2.23. The second-order valence-corrected chi connectivity index (χ2v) is 5.14. The average molecular weight is 265 g/mol. The van der Waals surface area contributed by atoms with Crippen LogP contribution in [0.15, 0.2) is 30.3 Å². The summed E-state index contributed by atoms with van der Waals surface area (Å²) in [5.74, 6) is -0.252.